The van der Waals surface area contributed by atoms with Crippen LogP contribution in [0.3, 0.4) is 0 Å². The summed E-state index contributed by atoms with van der Waals surface area (Å²) >= 11 is 1.05. The maximum absolute atomic E-state index is 13.1. The van der Waals surface area contributed by atoms with Crippen LogP contribution in [-0.4, -0.2) is 54.3 Å². The third kappa shape index (κ3) is 4.48. The summed E-state index contributed by atoms with van der Waals surface area (Å²) in [4.78, 5) is 27.0. The van der Waals surface area contributed by atoms with Crippen molar-refractivity contribution in [3.8, 4) is 0 Å². The highest BCUT2D eigenvalue weighted by atomic mass is 32.2. The second kappa shape index (κ2) is 9.20. The largest absolute Gasteiger partial charge is 0.343 e. The average molecular weight is 452 g/mol. The molecule has 30 heavy (non-hydrogen) atoms. The highest BCUT2D eigenvalue weighted by Crippen LogP contribution is 2.26. The number of hydrogen-bond donors (Lipinski definition) is 0. The molecule has 1 amide bonds. The molecule has 9 heteroatoms. The molecule has 0 saturated carbocycles. The van der Waals surface area contributed by atoms with Crippen LogP contribution in [-0.2, 0) is 21.4 Å². The number of carbonyl (C=O) groups is 1. The van der Waals surface area contributed by atoms with Gasteiger partial charge in [-0.05, 0) is 50.3 Å². The molecule has 0 atom stereocenters. The van der Waals surface area contributed by atoms with E-state index in [2.05, 4.69) is 0 Å². The zero-order valence-corrected chi connectivity index (χ0v) is 18.8. The van der Waals surface area contributed by atoms with Gasteiger partial charge in [0, 0.05) is 39.1 Å². The number of likely N-dealkylation sites (tertiary alicyclic amines) is 1. The summed E-state index contributed by atoms with van der Waals surface area (Å²) in [5, 5.41) is 0. The van der Waals surface area contributed by atoms with Gasteiger partial charge in [-0.15, -0.1) is 0 Å². The Morgan fingerprint density at radius 1 is 0.933 bits per heavy atom. The lowest BCUT2D eigenvalue weighted by Gasteiger charge is -2.26. The lowest BCUT2D eigenvalue weighted by molar-refractivity contribution is -0.132. The first-order chi connectivity index (χ1) is 14.5. The van der Waals surface area contributed by atoms with E-state index in [0.717, 1.165) is 63.0 Å². The maximum Gasteiger partial charge on any atom is 0.308 e. The lowest BCUT2D eigenvalue weighted by atomic mass is 10.1. The first-order valence-electron chi connectivity index (χ1n) is 10.9. The Balaban J connectivity index is 1.53. The molecule has 3 heterocycles. The van der Waals surface area contributed by atoms with Crippen LogP contribution in [0, 0.1) is 0 Å². The van der Waals surface area contributed by atoms with Gasteiger partial charge in [0.1, 0.15) is 0 Å². The first kappa shape index (κ1) is 21.5. The summed E-state index contributed by atoms with van der Waals surface area (Å²) < 4.78 is 29.9. The Hall–Kier alpha value is -1.71. The van der Waals surface area contributed by atoms with E-state index < -0.39 is 10.0 Å². The van der Waals surface area contributed by atoms with Gasteiger partial charge >= 0.3 is 4.87 Å². The number of thiazole rings is 1. The maximum atomic E-state index is 13.1. The molecule has 2 fully saturated rings. The number of hydrogen-bond acceptors (Lipinski definition) is 5. The number of piperidine rings is 1. The Kier molecular flexibility index (Phi) is 6.60. The lowest BCUT2D eigenvalue weighted by Crippen LogP contribution is -2.36. The third-order valence-corrected chi connectivity index (χ3v) is 8.94. The molecule has 164 valence electrons. The van der Waals surface area contributed by atoms with E-state index >= 15 is 0 Å². The van der Waals surface area contributed by atoms with Gasteiger partial charge in [0.15, 0.2) is 0 Å². The minimum absolute atomic E-state index is 0.0845. The summed E-state index contributed by atoms with van der Waals surface area (Å²) in [6.45, 7) is 3.03. The number of nitrogens with zero attached hydrogens (tertiary/aromatic N) is 3. The molecule has 0 spiro atoms. The van der Waals surface area contributed by atoms with Crippen molar-refractivity contribution < 1.29 is 13.2 Å². The summed E-state index contributed by atoms with van der Waals surface area (Å²) in [5.74, 6) is 0.0845. The van der Waals surface area contributed by atoms with Gasteiger partial charge in [-0.1, -0.05) is 24.2 Å². The van der Waals surface area contributed by atoms with E-state index in [1.165, 1.54) is 6.42 Å². The van der Waals surface area contributed by atoms with Crippen molar-refractivity contribution in [3.05, 3.63) is 27.9 Å². The molecule has 1 aromatic carbocycles. The normalized spacial score (nSPS) is 19.1. The van der Waals surface area contributed by atoms with Crippen LogP contribution in [0.15, 0.2) is 27.9 Å². The predicted molar refractivity (Wildman–Crippen MR) is 118 cm³/mol. The van der Waals surface area contributed by atoms with Crippen molar-refractivity contribution in [1.29, 1.82) is 0 Å². The van der Waals surface area contributed by atoms with Gasteiger partial charge < -0.3 is 4.90 Å². The highest BCUT2D eigenvalue weighted by molar-refractivity contribution is 7.89. The van der Waals surface area contributed by atoms with E-state index in [1.807, 2.05) is 4.90 Å². The monoisotopic (exact) mass is 451 g/mol. The van der Waals surface area contributed by atoms with E-state index in [0.29, 0.717) is 36.3 Å². The molecule has 4 rings (SSSR count). The second-order valence-corrected chi connectivity index (χ2v) is 11.1. The van der Waals surface area contributed by atoms with Crippen LogP contribution in [0.4, 0.5) is 0 Å². The Bertz CT molecular complexity index is 1060. The molecule has 2 saturated heterocycles. The molecular weight excluding hydrogens is 422 g/mol. The van der Waals surface area contributed by atoms with Crippen LogP contribution < -0.4 is 4.87 Å². The SMILES string of the molecule is O=C(CCn1c(=O)sc2cc(S(=O)(=O)N3CCCCCC3)ccc21)N1CCCCC1. The fourth-order valence-electron chi connectivity index (χ4n) is 4.36. The van der Waals surface area contributed by atoms with Crippen LogP contribution in [0.1, 0.15) is 51.4 Å². The van der Waals surface area contributed by atoms with Gasteiger partial charge in [-0.2, -0.15) is 4.31 Å². The number of aryl methyl sites for hydroxylation is 1. The zero-order valence-electron chi connectivity index (χ0n) is 17.2. The minimum atomic E-state index is -3.55. The second-order valence-electron chi connectivity index (χ2n) is 8.16. The fraction of sp³-hybridized carbons (Fsp3) is 0.619. The van der Waals surface area contributed by atoms with E-state index in [1.54, 1.807) is 27.1 Å². The van der Waals surface area contributed by atoms with E-state index in [4.69, 9.17) is 0 Å². The molecule has 0 aliphatic carbocycles. The number of amides is 1. The number of carbonyl (C=O) groups excluding carboxylic acids is 1. The summed E-state index contributed by atoms with van der Waals surface area (Å²) in [6, 6.07) is 4.92. The molecule has 2 aromatic rings. The van der Waals surface area contributed by atoms with Crippen LogP contribution in [0.25, 0.3) is 10.2 Å². The Morgan fingerprint density at radius 2 is 1.57 bits per heavy atom. The zero-order chi connectivity index (χ0) is 21.1. The van der Waals surface area contributed by atoms with Crippen LogP contribution >= 0.6 is 11.3 Å². The van der Waals surface area contributed by atoms with Crippen LogP contribution in [0.2, 0.25) is 0 Å². The highest BCUT2D eigenvalue weighted by Gasteiger charge is 2.26. The van der Waals surface area contributed by atoms with Crippen molar-refractivity contribution in [2.75, 3.05) is 26.2 Å². The summed E-state index contributed by atoms with van der Waals surface area (Å²) in [7, 11) is -3.55. The number of aromatic nitrogens is 1. The average Bonchev–Trinajstić information content (AvgIpc) is 2.91. The van der Waals surface area contributed by atoms with Crippen molar-refractivity contribution in [3.63, 3.8) is 0 Å². The van der Waals surface area contributed by atoms with Crippen molar-refractivity contribution in [2.24, 2.45) is 0 Å². The quantitative estimate of drug-likeness (QED) is 0.700. The molecule has 2 aliphatic rings. The first-order valence-corrected chi connectivity index (χ1v) is 13.1. The number of fused-ring (bicyclic) bond motifs is 1. The van der Waals surface area contributed by atoms with Gasteiger partial charge in [-0.3, -0.25) is 14.2 Å². The van der Waals surface area contributed by atoms with Gasteiger partial charge in [0.25, 0.3) is 0 Å². The Labute approximate surface area is 181 Å². The predicted octanol–water partition coefficient (Wildman–Crippen LogP) is 3.03. The summed E-state index contributed by atoms with van der Waals surface area (Å²) in [6.07, 6.45) is 7.44. The Morgan fingerprint density at radius 3 is 2.27 bits per heavy atom. The van der Waals surface area contributed by atoms with Gasteiger partial charge in [0.2, 0.25) is 15.9 Å². The molecule has 1 aromatic heterocycles. The van der Waals surface area contributed by atoms with Crippen molar-refractivity contribution in [1.82, 2.24) is 13.8 Å². The number of rotatable bonds is 5. The van der Waals surface area contributed by atoms with Gasteiger partial charge in [-0.25, -0.2) is 8.42 Å². The summed E-state index contributed by atoms with van der Waals surface area (Å²) in [5.41, 5.74) is 0.700. The molecular formula is C21H29N3O4S2. The fourth-order valence-corrected chi connectivity index (χ4v) is 6.93. The van der Waals surface area contributed by atoms with E-state index in [-0.39, 0.29) is 15.7 Å². The van der Waals surface area contributed by atoms with E-state index in [9.17, 15) is 18.0 Å². The molecule has 0 radical (unpaired) electrons. The molecule has 0 unspecified atom stereocenters. The standard InChI is InChI=1S/C21H29N3O4S2/c25-20(22-11-4-3-5-12-22)10-15-24-18-9-8-17(16-19(18)29-21(24)26)30(27,28)23-13-6-1-2-7-14-23/h8-9,16H,1-7,10-15H2. The van der Waals surface area contributed by atoms with Crippen LogP contribution in [0.5, 0.6) is 0 Å². The molecule has 7 nitrogen and oxygen atoms in total. The molecule has 0 bridgehead atoms. The minimum Gasteiger partial charge on any atom is -0.343 e. The van der Waals surface area contributed by atoms with Crippen molar-refractivity contribution in [2.45, 2.75) is 62.8 Å². The smallest absolute Gasteiger partial charge is 0.308 e. The number of benzene rings is 1. The van der Waals surface area contributed by atoms with Gasteiger partial charge in [0.05, 0.1) is 15.1 Å². The number of sulfonamides is 1. The molecule has 0 N–H and O–H groups in total. The topological polar surface area (TPSA) is 79.7 Å². The van der Waals surface area contributed by atoms with Crippen molar-refractivity contribution >= 4 is 37.5 Å². The molecule has 2 aliphatic heterocycles. The third-order valence-electron chi connectivity index (χ3n) is 6.10.